The Hall–Kier alpha value is -1.01. The lowest BCUT2D eigenvalue weighted by atomic mass is 10.0. The van der Waals surface area contributed by atoms with Crippen molar-refractivity contribution >= 4 is 5.97 Å². The molecular weight excluding hydrogens is 190 g/mol. The van der Waals surface area contributed by atoms with Gasteiger partial charge in [0.1, 0.15) is 5.60 Å². The van der Waals surface area contributed by atoms with E-state index in [2.05, 4.69) is 11.8 Å². The third kappa shape index (κ3) is 4.35. The summed E-state index contributed by atoms with van der Waals surface area (Å²) in [5.74, 6) is 4.83. The van der Waals surface area contributed by atoms with E-state index in [0.717, 1.165) is 25.7 Å². The second-order valence-electron chi connectivity index (χ2n) is 5.12. The van der Waals surface area contributed by atoms with Crippen molar-refractivity contribution < 1.29 is 9.53 Å². The largest absolute Gasteiger partial charge is 0.450 e. The van der Waals surface area contributed by atoms with Crippen molar-refractivity contribution in [3.8, 4) is 11.8 Å². The fraction of sp³-hybridized carbons (Fsp3) is 0.750. The molecular formula is C12H19NO2. The summed E-state index contributed by atoms with van der Waals surface area (Å²) in [4.78, 5) is 11.3. The van der Waals surface area contributed by atoms with Gasteiger partial charge in [0.05, 0.1) is 5.54 Å². The molecule has 0 aromatic rings. The van der Waals surface area contributed by atoms with Gasteiger partial charge in [-0.1, -0.05) is 18.8 Å². The molecule has 0 unspecified atom stereocenters. The highest BCUT2D eigenvalue weighted by Gasteiger charge is 2.27. The molecule has 84 valence electrons. The number of esters is 1. The molecule has 3 heteroatoms. The van der Waals surface area contributed by atoms with Crippen LogP contribution in [0.5, 0.6) is 0 Å². The van der Waals surface area contributed by atoms with Gasteiger partial charge < -0.3 is 10.5 Å². The van der Waals surface area contributed by atoms with Crippen molar-refractivity contribution in [2.75, 3.05) is 0 Å². The van der Waals surface area contributed by atoms with Crippen LogP contribution in [0.25, 0.3) is 0 Å². The summed E-state index contributed by atoms with van der Waals surface area (Å²) in [5, 5.41) is 0. The Balaban J connectivity index is 2.54. The number of rotatable bonds is 0. The van der Waals surface area contributed by atoms with E-state index in [0.29, 0.717) is 0 Å². The molecule has 1 aliphatic carbocycles. The van der Waals surface area contributed by atoms with E-state index >= 15 is 0 Å². The molecule has 0 radical (unpaired) electrons. The molecule has 0 heterocycles. The highest BCUT2D eigenvalue weighted by Crippen LogP contribution is 2.26. The maximum atomic E-state index is 11.3. The third-order valence-electron chi connectivity index (χ3n) is 2.31. The van der Waals surface area contributed by atoms with E-state index in [1.54, 1.807) is 0 Å². The molecule has 0 saturated heterocycles. The van der Waals surface area contributed by atoms with Crippen LogP contribution in [0.1, 0.15) is 46.5 Å². The minimum absolute atomic E-state index is 0.461. The first kappa shape index (κ1) is 12.1. The lowest BCUT2D eigenvalue weighted by Gasteiger charge is -2.18. The minimum atomic E-state index is -0.487. The average Bonchev–Trinajstić information content (AvgIpc) is 2.47. The Bertz CT molecular complexity index is 298. The molecule has 0 aromatic heterocycles. The van der Waals surface area contributed by atoms with Crippen molar-refractivity contribution in [2.45, 2.75) is 57.6 Å². The van der Waals surface area contributed by atoms with Crippen LogP contribution < -0.4 is 5.73 Å². The predicted octanol–water partition coefficient (Wildman–Crippen LogP) is 1.60. The maximum absolute atomic E-state index is 11.3. The van der Waals surface area contributed by atoms with Crippen molar-refractivity contribution in [3.63, 3.8) is 0 Å². The molecule has 0 aromatic carbocycles. The van der Waals surface area contributed by atoms with E-state index < -0.39 is 17.1 Å². The summed E-state index contributed by atoms with van der Waals surface area (Å²) >= 11 is 0. The Morgan fingerprint density at radius 1 is 1.33 bits per heavy atom. The van der Waals surface area contributed by atoms with Gasteiger partial charge in [0.25, 0.3) is 0 Å². The number of ether oxygens (including phenoxy) is 1. The van der Waals surface area contributed by atoms with Crippen LogP contribution in [0, 0.1) is 11.8 Å². The fourth-order valence-corrected chi connectivity index (χ4v) is 1.61. The zero-order chi connectivity index (χ0) is 11.5. The topological polar surface area (TPSA) is 52.3 Å². The molecule has 2 N–H and O–H groups in total. The quantitative estimate of drug-likeness (QED) is 0.374. The Kier molecular flexibility index (Phi) is 3.41. The molecule has 1 rings (SSSR count). The van der Waals surface area contributed by atoms with Crippen LogP contribution in [-0.2, 0) is 9.53 Å². The monoisotopic (exact) mass is 209 g/mol. The summed E-state index contributed by atoms with van der Waals surface area (Å²) in [6.07, 6.45) is 3.95. The smallest absolute Gasteiger partial charge is 0.384 e. The van der Waals surface area contributed by atoms with Gasteiger partial charge in [-0.15, -0.1) is 0 Å². The van der Waals surface area contributed by atoms with Gasteiger partial charge in [-0.2, -0.15) is 0 Å². The summed E-state index contributed by atoms with van der Waals surface area (Å²) < 4.78 is 5.07. The second-order valence-corrected chi connectivity index (χ2v) is 5.12. The van der Waals surface area contributed by atoms with E-state index in [1.807, 2.05) is 20.8 Å². The molecule has 0 bridgehead atoms. The third-order valence-corrected chi connectivity index (χ3v) is 2.31. The average molecular weight is 209 g/mol. The molecule has 0 atom stereocenters. The molecule has 1 aliphatic rings. The first-order valence-corrected chi connectivity index (χ1v) is 5.36. The highest BCUT2D eigenvalue weighted by atomic mass is 16.6. The lowest BCUT2D eigenvalue weighted by molar-refractivity contribution is -0.147. The molecule has 0 aliphatic heterocycles. The van der Waals surface area contributed by atoms with Crippen molar-refractivity contribution in [2.24, 2.45) is 5.73 Å². The van der Waals surface area contributed by atoms with Crippen molar-refractivity contribution in [3.05, 3.63) is 0 Å². The number of carbonyl (C=O) groups is 1. The number of hydrogen-bond acceptors (Lipinski definition) is 3. The van der Waals surface area contributed by atoms with Crippen LogP contribution in [0.3, 0.4) is 0 Å². The minimum Gasteiger partial charge on any atom is -0.450 e. The zero-order valence-electron chi connectivity index (χ0n) is 9.72. The summed E-state index contributed by atoms with van der Waals surface area (Å²) in [7, 11) is 0. The molecule has 3 nitrogen and oxygen atoms in total. The van der Waals surface area contributed by atoms with Crippen LogP contribution in [0.4, 0.5) is 0 Å². The van der Waals surface area contributed by atoms with Gasteiger partial charge in [-0.25, -0.2) is 4.79 Å². The van der Waals surface area contributed by atoms with E-state index in [4.69, 9.17) is 10.5 Å². The Morgan fingerprint density at radius 2 is 1.87 bits per heavy atom. The van der Waals surface area contributed by atoms with Gasteiger partial charge in [0, 0.05) is 5.92 Å². The van der Waals surface area contributed by atoms with Gasteiger partial charge in [-0.05, 0) is 33.6 Å². The SMILES string of the molecule is CC(C)(C)OC(=O)C#CC1(N)CCCC1. The fourth-order valence-electron chi connectivity index (χ4n) is 1.61. The van der Waals surface area contributed by atoms with Crippen molar-refractivity contribution in [1.29, 1.82) is 0 Å². The molecule has 15 heavy (non-hydrogen) atoms. The van der Waals surface area contributed by atoms with Crippen LogP contribution in [0.2, 0.25) is 0 Å². The first-order valence-electron chi connectivity index (χ1n) is 5.36. The standard InChI is InChI=1S/C12H19NO2/c1-11(2,3)15-10(14)6-9-12(13)7-4-5-8-12/h4-5,7-8,13H2,1-3H3. The number of nitrogens with two attached hydrogens (primary N) is 1. The normalized spacial score (nSPS) is 19.2. The van der Waals surface area contributed by atoms with Crippen LogP contribution in [-0.4, -0.2) is 17.1 Å². The summed E-state index contributed by atoms with van der Waals surface area (Å²) in [6.45, 7) is 5.46. The van der Waals surface area contributed by atoms with Crippen LogP contribution in [0.15, 0.2) is 0 Å². The Morgan fingerprint density at radius 3 is 2.33 bits per heavy atom. The van der Waals surface area contributed by atoms with E-state index in [9.17, 15) is 4.79 Å². The van der Waals surface area contributed by atoms with E-state index in [1.165, 1.54) is 0 Å². The molecule has 0 spiro atoms. The van der Waals surface area contributed by atoms with Gasteiger partial charge >= 0.3 is 5.97 Å². The van der Waals surface area contributed by atoms with Gasteiger partial charge in [0.2, 0.25) is 0 Å². The Labute approximate surface area is 91.4 Å². The molecule has 1 saturated carbocycles. The molecule has 1 fully saturated rings. The van der Waals surface area contributed by atoms with Crippen molar-refractivity contribution in [1.82, 2.24) is 0 Å². The van der Waals surface area contributed by atoms with Gasteiger partial charge in [0.15, 0.2) is 0 Å². The van der Waals surface area contributed by atoms with E-state index in [-0.39, 0.29) is 0 Å². The highest BCUT2D eigenvalue weighted by molar-refractivity contribution is 5.89. The zero-order valence-corrected chi connectivity index (χ0v) is 9.72. The van der Waals surface area contributed by atoms with Crippen LogP contribution >= 0.6 is 0 Å². The second kappa shape index (κ2) is 4.24. The maximum Gasteiger partial charge on any atom is 0.384 e. The van der Waals surface area contributed by atoms with Gasteiger partial charge in [-0.3, -0.25) is 0 Å². The summed E-state index contributed by atoms with van der Waals surface area (Å²) in [5.41, 5.74) is 5.05. The predicted molar refractivity (Wildman–Crippen MR) is 59.0 cm³/mol. The summed E-state index contributed by atoms with van der Waals surface area (Å²) in [6, 6.07) is 0. The number of carbonyl (C=O) groups excluding carboxylic acids is 1. The number of hydrogen-bond donors (Lipinski definition) is 1. The lowest BCUT2D eigenvalue weighted by Crippen LogP contribution is -2.34. The first-order chi connectivity index (χ1) is 6.81. The molecule has 0 amide bonds.